The summed E-state index contributed by atoms with van der Waals surface area (Å²) in [6, 6.07) is 2.27. The number of sulfonamides is 1. The highest BCUT2D eigenvalue weighted by molar-refractivity contribution is 7.89. The first-order chi connectivity index (χ1) is 11.1. The Morgan fingerprint density at radius 3 is 2.42 bits per heavy atom. The molecule has 0 aliphatic heterocycles. The topological polar surface area (TPSA) is 75.3 Å². The van der Waals surface area contributed by atoms with Crippen molar-refractivity contribution in [2.45, 2.75) is 50.0 Å². The number of halogens is 2. The fraction of sp³-hybridized carbons (Fsp3) is 0.562. The summed E-state index contributed by atoms with van der Waals surface area (Å²) in [6.45, 7) is 3.36. The van der Waals surface area contributed by atoms with E-state index in [4.69, 9.17) is 0 Å². The minimum atomic E-state index is -4.16. The molecule has 0 spiro atoms. The van der Waals surface area contributed by atoms with E-state index in [1.807, 2.05) is 0 Å². The number of hydrogen-bond acceptors (Lipinski definition) is 3. The molecule has 8 heteroatoms. The molecule has 1 aliphatic rings. The smallest absolute Gasteiger partial charge is 0.241 e. The summed E-state index contributed by atoms with van der Waals surface area (Å²) in [6.07, 6.45) is 4.40. The maximum atomic E-state index is 13.2. The van der Waals surface area contributed by atoms with E-state index < -0.39 is 38.0 Å². The number of hydrogen-bond donors (Lipinski definition) is 2. The van der Waals surface area contributed by atoms with Crippen molar-refractivity contribution in [2.75, 3.05) is 6.54 Å². The van der Waals surface area contributed by atoms with Gasteiger partial charge >= 0.3 is 0 Å². The summed E-state index contributed by atoms with van der Waals surface area (Å²) >= 11 is 0. The fourth-order valence-corrected chi connectivity index (χ4v) is 4.15. The Kier molecular flexibility index (Phi) is 5.59. The average molecular weight is 360 g/mol. The highest BCUT2D eigenvalue weighted by Crippen LogP contribution is 2.24. The van der Waals surface area contributed by atoms with E-state index in [2.05, 4.69) is 10.0 Å². The van der Waals surface area contributed by atoms with Crippen molar-refractivity contribution in [3.05, 3.63) is 29.8 Å². The lowest BCUT2D eigenvalue weighted by Crippen LogP contribution is -2.55. The quantitative estimate of drug-likeness (QED) is 0.818. The molecule has 0 radical (unpaired) electrons. The Labute approximate surface area is 140 Å². The summed E-state index contributed by atoms with van der Waals surface area (Å²) in [7, 11) is -4.16. The molecule has 1 aromatic carbocycles. The lowest BCUT2D eigenvalue weighted by molar-refractivity contribution is -0.125. The van der Waals surface area contributed by atoms with E-state index in [1.54, 1.807) is 0 Å². The predicted molar refractivity (Wildman–Crippen MR) is 85.7 cm³/mol. The summed E-state index contributed by atoms with van der Waals surface area (Å²) in [5.74, 6) is -2.43. The summed E-state index contributed by atoms with van der Waals surface area (Å²) in [4.78, 5) is 11.8. The highest BCUT2D eigenvalue weighted by atomic mass is 32.2. The number of rotatable bonds is 6. The minimum absolute atomic E-state index is 0.424. The molecule has 1 amide bonds. The Morgan fingerprint density at radius 1 is 1.21 bits per heavy atom. The standard InChI is InChI=1S/C16H22F2N2O3S/c1-16(2,15(21)19-10-11-5-3-4-6-11)20-24(22,23)12-7-8-13(17)14(18)9-12/h7-9,11,20H,3-6,10H2,1-2H3,(H,19,21). The Balaban J connectivity index is 2.05. The van der Waals surface area contributed by atoms with Gasteiger partial charge in [-0.25, -0.2) is 17.2 Å². The van der Waals surface area contributed by atoms with Crippen LogP contribution in [0.5, 0.6) is 0 Å². The molecule has 134 valence electrons. The van der Waals surface area contributed by atoms with Gasteiger partial charge in [0.2, 0.25) is 15.9 Å². The van der Waals surface area contributed by atoms with E-state index in [9.17, 15) is 22.0 Å². The number of amides is 1. The first kappa shape index (κ1) is 18.8. The van der Waals surface area contributed by atoms with Crippen LogP contribution in [0.2, 0.25) is 0 Å². The number of carbonyl (C=O) groups excluding carboxylic acids is 1. The van der Waals surface area contributed by atoms with Gasteiger partial charge in [0.15, 0.2) is 11.6 Å². The van der Waals surface area contributed by atoms with Crippen LogP contribution in [0.15, 0.2) is 23.1 Å². The molecule has 1 fully saturated rings. The van der Waals surface area contributed by atoms with Crippen molar-refractivity contribution in [3.8, 4) is 0 Å². The predicted octanol–water partition coefficient (Wildman–Crippen LogP) is 2.33. The molecule has 24 heavy (non-hydrogen) atoms. The van der Waals surface area contributed by atoms with Gasteiger partial charge in [0, 0.05) is 6.54 Å². The maximum Gasteiger partial charge on any atom is 0.241 e. The first-order valence-electron chi connectivity index (χ1n) is 7.89. The summed E-state index contributed by atoms with van der Waals surface area (Å²) < 4.78 is 53.0. The van der Waals surface area contributed by atoms with Crippen molar-refractivity contribution in [1.29, 1.82) is 0 Å². The lowest BCUT2D eigenvalue weighted by Gasteiger charge is -2.25. The van der Waals surface area contributed by atoms with Crippen molar-refractivity contribution in [2.24, 2.45) is 5.92 Å². The minimum Gasteiger partial charge on any atom is -0.354 e. The van der Waals surface area contributed by atoms with Crippen LogP contribution >= 0.6 is 0 Å². The number of nitrogens with one attached hydrogen (secondary N) is 2. The first-order valence-corrected chi connectivity index (χ1v) is 9.37. The zero-order chi connectivity index (χ0) is 18.0. The molecule has 0 aromatic heterocycles. The second kappa shape index (κ2) is 7.14. The third-order valence-electron chi connectivity index (χ3n) is 4.18. The molecule has 0 saturated heterocycles. The Morgan fingerprint density at radius 2 is 1.83 bits per heavy atom. The molecule has 0 unspecified atom stereocenters. The molecule has 2 N–H and O–H groups in total. The highest BCUT2D eigenvalue weighted by Gasteiger charge is 2.34. The normalized spacial score (nSPS) is 16.3. The number of carbonyl (C=O) groups is 1. The van der Waals surface area contributed by atoms with E-state index in [1.165, 1.54) is 13.8 Å². The largest absolute Gasteiger partial charge is 0.354 e. The average Bonchev–Trinajstić information content (AvgIpc) is 2.99. The van der Waals surface area contributed by atoms with E-state index in [0.717, 1.165) is 37.8 Å². The van der Waals surface area contributed by atoms with Gasteiger partial charge in [-0.15, -0.1) is 0 Å². The van der Waals surface area contributed by atoms with Crippen LogP contribution in [-0.2, 0) is 14.8 Å². The summed E-state index contributed by atoms with van der Waals surface area (Å²) in [5, 5.41) is 2.76. The zero-order valence-electron chi connectivity index (χ0n) is 13.7. The van der Waals surface area contributed by atoms with Gasteiger partial charge in [0.05, 0.1) is 4.90 Å². The van der Waals surface area contributed by atoms with Gasteiger partial charge in [0.25, 0.3) is 0 Å². The van der Waals surface area contributed by atoms with Gasteiger partial charge < -0.3 is 5.32 Å². The van der Waals surface area contributed by atoms with Gasteiger partial charge in [-0.1, -0.05) is 12.8 Å². The Bertz CT molecular complexity index is 714. The van der Waals surface area contributed by atoms with Gasteiger partial charge in [-0.3, -0.25) is 4.79 Å². The van der Waals surface area contributed by atoms with Crippen molar-refractivity contribution >= 4 is 15.9 Å². The maximum absolute atomic E-state index is 13.2. The molecule has 1 aromatic rings. The molecule has 1 saturated carbocycles. The van der Waals surface area contributed by atoms with E-state index in [0.29, 0.717) is 18.5 Å². The van der Waals surface area contributed by atoms with Crippen molar-refractivity contribution in [1.82, 2.24) is 10.0 Å². The van der Waals surface area contributed by atoms with Crippen LogP contribution in [0.1, 0.15) is 39.5 Å². The second-order valence-corrected chi connectivity index (χ2v) is 8.35. The van der Waals surface area contributed by atoms with Crippen LogP contribution in [0.4, 0.5) is 8.78 Å². The molecule has 0 atom stereocenters. The van der Waals surface area contributed by atoms with Crippen LogP contribution < -0.4 is 10.0 Å². The second-order valence-electron chi connectivity index (χ2n) is 6.67. The van der Waals surface area contributed by atoms with Gasteiger partial charge in [-0.2, -0.15) is 4.72 Å². The zero-order valence-corrected chi connectivity index (χ0v) is 14.6. The molecular weight excluding hydrogens is 338 g/mol. The molecule has 2 rings (SSSR count). The van der Waals surface area contributed by atoms with E-state index in [-0.39, 0.29) is 0 Å². The van der Waals surface area contributed by atoms with Gasteiger partial charge in [0.1, 0.15) is 5.54 Å². The summed E-state index contributed by atoms with van der Waals surface area (Å²) in [5.41, 5.74) is -1.41. The molecule has 1 aliphatic carbocycles. The lowest BCUT2D eigenvalue weighted by atomic mass is 10.0. The van der Waals surface area contributed by atoms with Crippen LogP contribution in [0.25, 0.3) is 0 Å². The number of benzene rings is 1. The SMILES string of the molecule is CC(C)(NS(=O)(=O)c1ccc(F)c(F)c1)C(=O)NCC1CCCC1. The third kappa shape index (κ3) is 4.51. The van der Waals surface area contributed by atoms with E-state index >= 15 is 0 Å². The van der Waals surface area contributed by atoms with Crippen molar-refractivity contribution in [3.63, 3.8) is 0 Å². The van der Waals surface area contributed by atoms with Crippen LogP contribution in [-0.4, -0.2) is 26.4 Å². The van der Waals surface area contributed by atoms with Crippen LogP contribution in [0.3, 0.4) is 0 Å². The molecular formula is C16H22F2N2O3S. The molecule has 5 nitrogen and oxygen atoms in total. The van der Waals surface area contributed by atoms with Crippen molar-refractivity contribution < 1.29 is 22.0 Å². The van der Waals surface area contributed by atoms with Gasteiger partial charge in [-0.05, 0) is 50.8 Å². The molecule has 0 heterocycles. The van der Waals surface area contributed by atoms with Crippen LogP contribution in [0, 0.1) is 17.6 Å². The fourth-order valence-electron chi connectivity index (χ4n) is 2.76. The Hall–Kier alpha value is -1.54. The third-order valence-corrected chi connectivity index (χ3v) is 5.84. The monoisotopic (exact) mass is 360 g/mol. The molecule has 0 bridgehead atoms.